The van der Waals surface area contributed by atoms with E-state index in [4.69, 9.17) is 11.6 Å². The Balaban J connectivity index is 1.47. The summed E-state index contributed by atoms with van der Waals surface area (Å²) in [6, 6.07) is 13.1. The van der Waals surface area contributed by atoms with Crippen LogP contribution in [0.1, 0.15) is 11.1 Å². The molecular weight excluding hydrogens is 411 g/mol. The summed E-state index contributed by atoms with van der Waals surface area (Å²) in [4.78, 5) is 29.1. The Morgan fingerprint density at radius 1 is 1.13 bits per heavy atom. The van der Waals surface area contributed by atoms with Gasteiger partial charge in [0.15, 0.2) is 11.2 Å². The predicted molar refractivity (Wildman–Crippen MR) is 108 cm³/mol. The van der Waals surface area contributed by atoms with Crippen molar-refractivity contribution < 1.29 is 9.18 Å². The summed E-state index contributed by atoms with van der Waals surface area (Å²) in [6.45, 7) is 0.322. The lowest BCUT2D eigenvalue weighted by Gasteiger charge is -2.07. The van der Waals surface area contributed by atoms with Gasteiger partial charge in [0.05, 0.1) is 6.54 Å². The molecule has 0 aliphatic carbocycles. The first-order valence-electron chi connectivity index (χ1n) is 9.04. The molecule has 0 unspecified atom stereocenters. The minimum atomic E-state index is -0.480. The van der Waals surface area contributed by atoms with Gasteiger partial charge in [0.25, 0.3) is 5.56 Å². The molecule has 1 amide bonds. The number of nitrogens with zero attached hydrogens (tertiary/aromatic N) is 5. The highest BCUT2D eigenvalue weighted by atomic mass is 35.5. The van der Waals surface area contributed by atoms with Crippen LogP contribution in [0.2, 0.25) is 5.02 Å². The molecule has 0 aliphatic heterocycles. The Hall–Kier alpha value is -3.59. The summed E-state index contributed by atoms with van der Waals surface area (Å²) in [7, 11) is 0. The maximum absolute atomic E-state index is 13.4. The van der Waals surface area contributed by atoms with Crippen LogP contribution in [0.25, 0.3) is 11.2 Å². The zero-order valence-corrected chi connectivity index (χ0v) is 16.4. The highest BCUT2D eigenvalue weighted by Gasteiger charge is 2.14. The van der Waals surface area contributed by atoms with Gasteiger partial charge in [-0.2, -0.15) is 0 Å². The fraction of sp³-hybridized carbons (Fsp3) is 0.150. The van der Waals surface area contributed by atoms with Crippen LogP contribution in [0.5, 0.6) is 0 Å². The van der Waals surface area contributed by atoms with Gasteiger partial charge in [0, 0.05) is 11.6 Å². The zero-order chi connectivity index (χ0) is 21.1. The second-order valence-corrected chi connectivity index (χ2v) is 7.07. The lowest BCUT2D eigenvalue weighted by atomic mass is 10.2. The van der Waals surface area contributed by atoms with E-state index in [0.717, 1.165) is 5.56 Å². The number of fused-ring (bicyclic) bond motifs is 1. The molecule has 4 aromatic rings. The van der Waals surface area contributed by atoms with Crippen molar-refractivity contribution in [2.75, 3.05) is 0 Å². The van der Waals surface area contributed by atoms with E-state index in [1.54, 1.807) is 36.4 Å². The van der Waals surface area contributed by atoms with Crippen LogP contribution in [-0.2, 0) is 24.4 Å². The second kappa shape index (κ2) is 8.42. The monoisotopic (exact) mass is 426 g/mol. The van der Waals surface area contributed by atoms with Crippen molar-refractivity contribution in [2.45, 2.75) is 19.6 Å². The van der Waals surface area contributed by atoms with Crippen LogP contribution >= 0.6 is 11.6 Å². The average molecular weight is 427 g/mol. The van der Waals surface area contributed by atoms with Gasteiger partial charge < -0.3 is 5.32 Å². The molecule has 152 valence electrons. The van der Waals surface area contributed by atoms with Crippen LogP contribution in [0.4, 0.5) is 4.39 Å². The number of carbonyl (C=O) groups is 1. The van der Waals surface area contributed by atoms with Gasteiger partial charge in [0.2, 0.25) is 5.91 Å². The minimum Gasteiger partial charge on any atom is -0.350 e. The van der Waals surface area contributed by atoms with Crippen LogP contribution in [0.15, 0.2) is 59.7 Å². The van der Waals surface area contributed by atoms with Crippen molar-refractivity contribution in [3.8, 4) is 0 Å². The molecule has 2 aromatic carbocycles. The van der Waals surface area contributed by atoms with E-state index >= 15 is 0 Å². The van der Waals surface area contributed by atoms with Gasteiger partial charge in [-0.05, 0) is 35.4 Å². The molecule has 0 saturated heterocycles. The number of hydrogen-bond donors (Lipinski definition) is 1. The second-order valence-electron chi connectivity index (χ2n) is 6.63. The van der Waals surface area contributed by atoms with Gasteiger partial charge >= 0.3 is 0 Å². The number of amides is 1. The van der Waals surface area contributed by atoms with Crippen molar-refractivity contribution in [3.05, 3.63) is 87.2 Å². The molecule has 0 atom stereocenters. The van der Waals surface area contributed by atoms with Crippen molar-refractivity contribution in [2.24, 2.45) is 0 Å². The molecule has 0 saturated carbocycles. The number of nitrogens with one attached hydrogen (secondary N) is 1. The molecule has 0 bridgehead atoms. The van der Waals surface area contributed by atoms with Crippen molar-refractivity contribution >= 4 is 28.7 Å². The zero-order valence-electron chi connectivity index (χ0n) is 15.6. The summed E-state index contributed by atoms with van der Waals surface area (Å²) < 4.78 is 16.0. The Labute approximate surface area is 174 Å². The first-order valence-corrected chi connectivity index (χ1v) is 9.41. The number of hydrogen-bond acceptors (Lipinski definition) is 5. The average Bonchev–Trinajstić information content (AvgIpc) is 3.13. The van der Waals surface area contributed by atoms with Gasteiger partial charge in [-0.3, -0.25) is 14.2 Å². The molecule has 2 heterocycles. The van der Waals surface area contributed by atoms with Crippen LogP contribution in [-0.4, -0.2) is 30.5 Å². The molecule has 4 rings (SSSR count). The largest absolute Gasteiger partial charge is 0.350 e. The van der Waals surface area contributed by atoms with Crippen molar-refractivity contribution in [3.63, 3.8) is 0 Å². The summed E-state index contributed by atoms with van der Waals surface area (Å²) in [5, 5.41) is 11.2. The summed E-state index contributed by atoms with van der Waals surface area (Å²) in [5.41, 5.74) is 1.37. The van der Waals surface area contributed by atoms with Gasteiger partial charge in [-0.15, -0.1) is 5.10 Å². The number of aromatic nitrogens is 5. The van der Waals surface area contributed by atoms with Gasteiger partial charge in [-0.25, -0.2) is 14.1 Å². The molecule has 0 aliphatic rings. The van der Waals surface area contributed by atoms with E-state index in [1.807, 2.05) is 0 Å². The quantitative estimate of drug-likeness (QED) is 0.509. The Morgan fingerprint density at radius 2 is 1.93 bits per heavy atom. The molecular formula is C20H16ClFN6O2. The van der Waals surface area contributed by atoms with E-state index in [0.29, 0.717) is 17.1 Å². The lowest BCUT2D eigenvalue weighted by Crippen LogP contribution is -2.32. The topological polar surface area (TPSA) is 94.7 Å². The lowest BCUT2D eigenvalue weighted by molar-refractivity contribution is -0.121. The molecule has 10 heteroatoms. The van der Waals surface area contributed by atoms with E-state index in [1.165, 1.54) is 27.7 Å². The minimum absolute atomic E-state index is 0.0411. The number of rotatable bonds is 6. The van der Waals surface area contributed by atoms with E-state index in [-0.39, 0.29) is 36.0 Å². The summed E-state index contributed by atoms with van der Waals surface area (Å²) in [5.74, 6) is -0.711. The van der Waals surface area contributed by atoms with E-state index < -0.39 is 5.56 Å². The smallest absolute Gasteiger partial charge is 0.283 e. The van der Waals surface area contributed by atoms with E-state index in [9.17, 15) is 14.0 Å². The predicted octanol–water partition coefficient (Wildman–Crippen LogP) is 2.15. The standard InChI is InChI=1S/C20H16ClFN6O2/c21-15-6-4-13(5-7-15)9-23-17(29)11-27-12-24-19-18(20(27)30)25-26-28(19)10-14-2-1-3-16(22)8-14/h1-8,12H,9-11H2,(H,23,29). The first kappa shape index (κ1) is 19.7. The Bertz CT molecular complexity index is 1270. The number of benzene rings is 2. The van der Waals surface area contributed by atoms with Crippen LogP contribution in [0.3, 0.4) is 0 Å². The first-order chi connectivity index (χ1) is 14.5. The molecule has 2 aromatic heterocycles. The van der Waals surface area contributed by atoms with Crippen molar-refractivity contribution in [1.29, 1.82) is 0 Å². The van der Waals surface area contributed by atoms with Crippen LogP contribution in [0, 0.1) is 5.82 Å². The molecule has 30 heavy (non-hydrogen) atoms. The fourth-order valence-corrected chi connectivity index (χ4v) is 3.05. The highest BCUT2D eigenvalue weighted by Crippen LogP contribution is 2.10. The van der Waals surface area contributed by atoms with Crippen molar-refractivity contribution in [1.82, 2.24) is 29.9 Å². The summed E-state index contributed by atoms with van der Waals surface area (Å²) in [6.07, 6.45) is 1.28. The maximum atomic E-state index is 13.4. The molecule has 0 fully saturated rings. The summed E-state index contributed by atoms with van der Waals surface area (Å²) >= 11 is 5.84. The third-order valence-corrected chi connectivity index (χ3v) is 4.68. The van der Waals surface area contributed by atoms with Gasteiger partial charge in [-0.1, -0.05) is 41.1 Å². The normalized spacial score (nSPS) is 11.0. The Morgan fingerprint density at radius 3 is 2.70 bits per heavy atom. The number of carbonyl (C=O) groups excluding carboxylic acids is 1. The van der Waals surface area contributed by atoms with E-state index in [2.05, 4.69) is 20.6 Å². The Kier molecular flexibility index (Phi) is 5.53. The molecule has 1 N–H and O–H groups in total. The molecule has 0 radical (unpaired) electrons. The maximum Gasteiger partial charge on any atom is 0.283 e. The van der Waals surface area contributed by atoms with Gasteiger partial charge in [0.1, 0.15) is 18.7 Å². The molecule has 8 nitrogen and oxygen atoms in total. The SMILES string of the molecule is O=C(Cn1cnc2c(nnn2Cc2cccc(F)c2)c1=O)NCc1ccc(Cl)cc1. The highest BCUT2D eigenvalue weighted by molar-refractivity contribution is 6.30. The van der Waals surface area contributed by atoms with Crippen LogP contribution < -0.4 is 10.9 Å². The fourth-order valence-electron chi connectivity index (χ4n) is 2.93. The third kappa shape index (κ3) is 4.36. The molecule has 0 spiro atoms. The third-order valence-electron chi connectivity index (χ3n) is 4.43. The number of halogens is 2.